The number of rotatable bonds is 4. The molecule has 1 fully saturated rings. The average Bonchev–Trinajstić information content (AvgIpc) is 2.60. The molecule has 0 spiro atoms. The summed E-state index contributed by atoms with van der Waals surface area (Å²) in [6.45, 7) is 1.45. The van der Waals surface area contributed by atoms with Crippen LogP contribution < -0.4 is 5.43 Å². The molecule has 1 aromatic carbocycles. The molecule has 1 aromatic rings. The Morgan fingerprint density at radius 2 is 2.25 bits per heavy atom. The van der Waals surface area contributed by atoms with E-state index in [0.717, 1.165) is 37.8 Å². The minimum atomic E-state index is -0.203. The van der Waals surface area contributed by atoms with E-state index in [1.165, 1.54) is 6.07 Å². The van der Waals surface area contributed by atoms with E-state index in [1.807, 2.05) is 11.0 Å². The molecular weight excluding hydrogens is 309 g/mol. The Kier molecular flexibility index (Phi) is 5.23. The topological polar surface area (TPSA) is 61.8 Å². The summed E-state index contributed by atoms with van der Waals surface area (Å²) in [5.41, 5.74) is 3.82. The minimum absolute atomic E-state index is 0.0644. The number of halogens is 1. The Morgan fingerprint density at radius 3 is 3.00 bits per heavy atom. The van der Waals surface area contributed by atoms with Gasteiger partial charge in [-0.05, 0) is 49.3 Å². The molecule has 3 rings (SSSR count). The van der Waals surface area contributed by atoms with Crippen LogP contribution in [0.4, 0.5) is 4.39 Å². The fraction of sp³-hybridized carbons (Fsp3) is 0.500. The standard InChI is InChI=1S/C18H22FN3O2/c19-15-5-1-3-13(11-15)6-7-14-4-2-10-22(12-14)18(24)16-8-9-17(23)21-20-16/h1,3,5,11,14H,2,4,6-10,12H2,(H,21,23). The van der Waals surface area contributed by atoms with Gasteiger partial charge in [0.05, 0.1) is 0 Å². The van der Waals surface area contributed by atoms with E-state index in [9.17, 15) is 14.0 Å². The van der Waals surface area contributed by atoms with Crippen LogP contribution in [0.15, 0.2) is 29.4 Å². The smallest absolute Gasteiger partial charge is 0.270 e. The molecule has 0 saturated carbocycles. The van der Waals surface area contributed by atoms with Crippen molar-refractivity contribution in [2.24, 2.45) is 11.0 Å². The van der Waals surface area contributed by atoms with Crippen LogP contribution in [0, 0.1) is 11.7 Å². The first-order chi connectivity index (χ1) is 11.6. The summed E-state index contributed by atoms with van der Waals surface area (Å²) < 4.78 is 13.2. The van der Waals surface area contributed by atoms with Crippen LogP contribution in [0.25, 0.3) is 0 Å². The van der Waals surface area contributed by atoms with Crippen molar-refractivity contribution in [2.75, 3.05) is 13.1 Å². The van der Waals surface area contributed by atoms with Crippen molar-refractivity contribution in [3.63, 3.8) is 0 Å². The Labute approximate surface area is 140 Å². The van der Waals surface area contributed by atoms with Gasteiger partial charge in [0.25, 0.3) is 5.91 Å². The lowest BCUT2D eigenvalue weighted by molar-refractivity contribution is -0.126. The van der Waals surface area contributed by atoms with Gasteiger partial charge in [0, 0.05) is 25.9 Å². The van der Waals surface area contributed by atoms with Gasteiger partial charge in [-0.25, -0.2) is 9.82 Å². The molecule has 5 nitrogen and oxygen atoms in total. The molecule has 0 aliphatic carbocycles. The number of piperidine rings is 1. The molecule has 0 aromatic heterocycles. The number of hydrogen-bond acceptors (Lipinski definition) is 3. The van der Waals surface area contributed by atoms with Gasteiger partial charge in [-0.15, -0.1) is 0 Å². The largest absolute Gasteiger partial charge is 0.337 e. The maximum Gasteiger partial charge on any atom is 0.270 e. The molecule has 0 radical (unpaired) electrons. The number of carbonyl (C=O) groups is 2. The average molecular weight is 331 g/mol. The summed E-state index contributed by atoms with van der Waals surface area (Å²) in [6, 6.07) is 6.70. The molecule has 1 N–H and O–H groups in total. The van der Waals surface area contributed by atoms with Gasteiger partial charge >= 0.3 is 0 Å². The van der Waals surface area contributed by atoms with Gasteiger partial charge in [-0.3, -0.25) is 9.59 Å². The molecule has 2 aliphatic heterocycles. The highest BCUT2D eigenvalue weighted by Gasteiger charge is 2.28. The number of hydrazone groups is 1. The lowest BCUT2D eigenvalue weighted by Gasteiger charge is -2.33. The summed E-state index contributed by atoms with van der Waals surface area (Å²) >= 11 is 0. The van der Waals surface area contributed by atoms with Gasteiger partial charge in [0.2, 0.25) is 5.91 Å². The zero-order valence-electron chi connectivity index (χ0n) is 13.6. The van der Waals surface area contributed by atoms with E-state index in [0.29, 0.717) is 31.0 Å². The van der Waals surface area contributed by atoms with Gasteiger partial charge in [0.15, 0.2) is 0 Å². The third kappa shape index (κ3) is 4.19. The highest BCUT2D eigenvalue weighted by atomic mass is 19.1. The van der Waals surface area contributed by atoms with E-state index in [2.05, 4.69) is 10.5 Å². The Morgan fingerprint density at radius 1 is 1.38 bits per heavy atom. The molecule has 2 amide bonds. The molecule has 6 heteroatoms. The highest BCUT2D eigenvalue weighted by molar-refractivity contribution is 6.39. The maximum absolute atomic E-state index is 13.2. The second kappa shape index (κ2) is 7.55. The Hall–Kier alpha value is -2.24. The molecule has 24 heavy (non-hydrogen) atoms. The first-order valence-corrected chi connectivity index (χ1v) is 8.51. The predicted octanol–water partition coefficient (Wildman–Crippen LogP) is 2.26. The third-order valence-corrected chi connectivity index (χ3v) is 4.69. The number of likely N-dealkylation sites (tertiary alicyclic amines) is 1. The summed E-state index contributed by atoms with van der Waals surface area (Å²) in [5.74, 6) is 0.0127. The van der Waals surface area contributed by atoms with Crippen LogP contribution in [0.3, 0.4) is 0 Å². The molecule has 1 unspecified atom stereocenters. The number of benzene rings is 1. The SMILES string of the molecule is O=C1CCC(C(=O)N2CCCC(CCc3cccc(F)c3)C2)=NN1. The second-order valence-electron chi connectivity index (χ2n) is 6.52. The second-order valence-corrected chi connectivity index (χ2v) is 6.52. The zero-order chi connectivity index (χ0) is 16.9. The number of nitrogens with one attached hydrogen (secondary N) is 1. The van der Waals surface area contributed by atoms with Gasteiger partial charge in [-0.2, -0.15) is 5.10 Å². The highest BCUT2D eigenvalue weighted by Crippen LogP contribution is 2.22. The van der Waals surface area contributed by atoms with Crippen LogP contribution in [0.5, 0.6) is 0 Å². The zero-order valence-corrected chi connectivity index (χ0v) is 13.6. The van der Waals surface area contributed by atoms with Crippen LogP contribution >= 0.6 is 0 Å². The third-order valence-electron chi connectivity index (χ3n) is 4.69. The molecule has 128 valence electrons. The maximum atomic E-state index is 13.2. The fourth-order valence-electron chi connectivity index (χ4n) is 3.36. The lowest BCUT2D eigenvalue weighted by Crippen LogP contribution is -2.45. The van der Waals surface area contributed by atoms with E-state index >= 15 is 0 Å². The van der Waals surface area contributed by atoms with Crippen molar-refractivity contribution in [1.29, 1.82) is 0 Å². The minimum Gasteiger partial charge on any atom is -0.337 e. The fourth-order valence-corrected chi connectivity index (χ4v) is 3.36. The molecule has 2 heterocycles. The molecule has 1 saturated heterocycles. The Balaban J connectivity index is 1.54. The summed E-state index contributed by atoms with van der Waals surface area (Å²) in [6.07, 6.45) is 4.55. The molecule has 0 bridgehead atoms. The first-order valence-electron chi connectivity index (χ1n) is 8.51. The normalized spacial score (nSPS) is 21.2. The van der Waals surface area contributed by atoms with Gasteiger partial charge < -0.3 is 4.90 Å². The van der Waals surface area contributed by atoms with Crippen LogP contribution in [0.2, 0.25) is 0 Å². The summed E-state index contributed by atoms with van der Waals surface area (Å²) in [4.78, 5) is 25.5. The predicted molar refractivity (Wildman–Crippen MR) is 88.8 cm³/mol. The first kappa shape index (κ1) is 16.6. The van der Waals surface area contributed by atoms with Crippen LogP contribution in [0.1, 0.15) is 37.7 Å². The van der Waals surface area contributed by atoms with Gasteiger partial charge in [0.1, 0.15) is 11.5 Å². The van der Waals surface area contributed by atoms with E-state index in [1.54, 1.807) is 12.1 Å². The van der Waals surface area contributed by atoms with E-state index in [4.69, 9.17) is 0 Å². The van der Waals surface area contributed by atoms with Crippen molar-refractivity contribution >= 4 is 17.5 Å². The molecule has 1 atom stereocenters. The Bertz CT molecular complexity index is 659. The number of nitrogens with zero attached hydrogens (tertiary/aromatic N) is 2. The van der Waals surface area contributed by atoms with Crippen molar-refractivity contribution in [2.45, 2.75) is 38.5 Å². The number of carbonyl (C=O) groups excluding carboxylic acids is 2. The van der Waals surface area contributed by atoms with E-state index in [-0.39, 0.29) is 17.6 Å². The van der Waals surface area contributed by atoms with Crippen LogP contribution in [-0.2, 0) is 16.0 Å². The van der Waals surface area contributed by atoms with Crippen LogP contribution in [-0.4, -0.2) is 35.5 Å². The monoisotopic (exact) mass is 331 g/mol. The van der Waals surface area contributed by atoms with Crippen molar-refractivity contribution < 1.29 is 14.0 Å². The lowest BCUT2D eigenvalue weighted by atomic mass is 9.91. The quantitative estimate of drug-likeness (QED) is 0.920. The molecular formula is C18H22FN3O2. The number of amides is 2. The summed E-state index contributed by atoms with van der Waals surface area (Å²) in [5, 5.41) is 3.90. The number of hydrogen-bond donors (Lipinski definition) is 1. The van der Waals surface area contributed by atoms with Crippen molar-refractivity contribution in [1.82, 2.24) is 10.3 Å². The molecule has 2 aliphatic rings. The van der Waals surface area contributed by atoms with Crippen molar-refractivity contribution in [3.05, 3.63) is 35.6 Å². The number of aryl methyl sites for hydroxylation is 1. The van der Waals surface area contributed by atoms with Gasteiger partial charge in [-0.1, -0.05) is 12.1 Å². The van der Waals surface area contributed by atoms with E-state index < -0.39 is 0 Å². The van der Waals surface area contributed by atoms with Crippen molar-refractivity contribution in [3.8, 4) is 0 Å². The summed E-state index contributed by atoms with van der Waals surface area (Å²) in [7, 11) is 0.